The van der Waals surface area contributed by atoms with Gasteiger partial charge in [0.15, 0.2) is 0 Å². The first kappa shape index (κ1) is 14.5. The monoisotopic (exact) mass is 222 g/mol. The summed E-state index contributed by atoms with van der Waals surface area (Å²) < 4.78 is 0. The van der Waals surface area contributed by atoms with Crippen LogP contribution in [0.15, 0.2) is 35.6 Å². The molecule has 0 saturated heterocycles. The minimum Gasteiger partial charge on any atom is -0.388 e. The highest BCUT2D eigenvalue weighted by Crippen LogP contribution is 2.07. The Morgan fingerprint density at radius 2 is 2.12 bits per heavy atom. The van der Waals surface area contributed by atoms with Crippen molar-refractivity contribution in [1.29, 1.82) is 0 Å². The molecule has 1 aliphatic carbocycles. The molecule has 0 unspecified atom stereocenters. The lowest BCUT2D eigenvalue weighted by molar-refractivity contribution is -0.109. The van der Waals surface area contributed by atoms with Crippen LogP contribution >= 0.6 is 0 Å². The van der Waals surface area contributed by atoms with E-state index in [9.17, 15) is 4.79 Å². The molecule has 3 nitrogen and oxygen atoms in total. The Balaban J connectivity index is 0.000000325. The van der Waals surface area contributed by atoms with Gasteiger partial charge in [0.25, 0.3) is 0 Å². The molecule has 3 heteroatoms. The van der Waals surface area contributed by atoms with Crippen LogP contribution in [0.1, 0.15) is 27.2 Å². The molecule has 1 aliphatic rings. The van der Waals surface area contributed by atoms with Crippen LogP contribution in [0.2, 0.25) is 0 Å². The van der Waals surface area contributed by atoms with Gasteiger partial charge in [-0.1, -0.05) is 17.7 Å². The predicted molar refractivity (Wildman–Crippen MR) is 69.0 cm³/mol. The number of allylic oxidation sites excluding steroid dienone is 5. The van der Waals surface area contributed by atoms with Gasteiger partial charge in [-0.05, 0) is 39.3 Å². The molecule has 0 heterocycles. The van der Waals surface area contributed by atoms with Gasteiger partial charge in [0, 0.05) is 18.8 Å². The number of carbonyl (C=O) groups excluding carboxylic acids is 1. The van der Waals surface area contributed by atoms with Gasteiger partial charge in [0.2, 0.25) is 6.41 Å². The molecule has 1 rings (SSSR count). The minimum atomic E-state index is 0.280. The van der Waals surface area contributed by atoms with Crippen LogP contribution in [-0.2, 0) is 4.79 Å². The molecule has 0 saturated carbocycles. The van der Waals surface area contributed by atoms with E-state index in [1.807, 2.05) is 20.9 Å². The summed E-state index contributed by atoms with van der Waals surface area (Å²) in [6, 6.07) is 0.280. The fourth-order valence-corrected chi connectivity index (χ4v) is 1.09. The average Bonchev–Trinajstić information content (AvgIpc) is 2.43. The van der Waals surface area contributed by atoms with Crippen LogP contribution < -0.4 is 10.6 Å². The first-order valence-corrected chi connectivity index (χ1v) is 5.52. The SMILES string of the molecule is CC(C)NC=O.CNC1=CC(C)=CCC=C1. The topological polar surface area (TPSA) is 41.1 Å². The summed E-state index contributed by atoms with van der Waals surface area (Å²) in [4.78, 5) is 9.50. The van der Waals surface area contributed by atoms with Gasteiger partial charge in [-0.25, -0.2) is 0 Å². The van der Waals surface area contributed by atoms with E-state index in [0.29, 0.717) is 6.41 Å². The zero-order valence-electron chi connectivity index (χ0n) is 10.6. The molecule has 0 radical (unpaired) electrons. The summed E-state index contributed by atoms with van der Waals surface area (Å²) in [6.07, 6.45) is 10.4. The molecule has 0 aromatic rings. The van der Waals surface area contributed by atoms with Gasteiger partial charge in [-0.2, -0.15) is 0 Å². The predicted octanol–water partition coefficient (Wildman–Crippen LogP) is 2.14. The summed E-state index contributed by atoms with van der Waals surface area (Å²) in [5.74, 6) is 0. The lowest BCUT2D eigenvalue weighted by atomic mass is 10.2. The Kier molecular flexibility index (Phi) is 7.94. The third-order valence-electron chi connectivity index (χ3n) is 1.95. The third kappa shape index (κ3) is 7.85. The molecule has 0 spiro atoms. The number of nitrogens with one attached hydrogen (secondary N) is 2. The van der Waals surface area contributed by atoms with Crippen molar-refractivity contribution < 1.29 is 4.79 Å². The van der Waals surface area contributed by atoms with Gasteiger partial charge in [-0.3, -0.25) is 4.79 Å². The number of amides is 1. The van der Waals surface area contributed by atoms with E-state index < -0.39 is 0 Å². The van der Waals surface area contributed by atoms with E-state index in [0.717, 1.165) is 6.42 Å². The number of likely N-dealkylation sites (N-methyl/N-ethyl adjacent to an activating group) is 1. The highest BCUT2D eigenvalue weighted by Gasteiger charge is 1.91. The van der Waals surface area contributed by atoms with Gasteiger partial charge in [-0.15, -0.1) is 0 Å². The second kappa shape index (κ2) is 8.77. The van der Waals surface area contributed by atoms with Crippen molar-refractivity contribution in [1.82, 2.24) is 10.6 Å². The Labute approximate surface area is 98.3 Å². The number of rotatable bonds is 3. The molecule has 2 N–H and O–H groups in total. The summed E-state index contributed by atoms with van der Waals surface area (Å²) in [6.45, 7) is 5.94. The third-order valence-corrected chi connectivity index (χ3v) is 1.95. The molecule has 0 aromatic carbocycles. The summed E-state index contributed by atoms with van der Waals surface area (Å²) in [5, 5.41) is 5.64. The smallest absolute Gasteiger partial charge is 0.207 e. The normalized spacial score (nSPS) is 14.1. The van der Waals surface area contributed by atoms with Crippen molar-refractivity contribution in [2.45, 2.75) is 33.2 Å². The fraction of sp³-hybridized carbons (Fsp3) is 0.462. The lowest BCUT2D eigenvalue weighted by Gasteiger charge is -1.97. The molecule has 90 valence electrons. The minimum absolute atomic E-state index is 0.280. The van der Waals surface area contributed by atoms with Crippen molar-refractivity contribution >= 4 is 6.41 Å². The summed E-state index contributed by atoms with van der Waals surface area (Å²) in [7, 11) is 1.94. The number of hydrogen-bond donors (Lipinski definition) is 2. The van der Waals surface area contributed by atoms with Gasteiger partial charge < -0.3 is 10.6 Å². The molecular weight excluding hydrogens is 200 g/mol. The molecule has 0 aromatic heterocycles. The maximum Gasteiger partial charge on any atom is 0.207 e. The molecule has 16 heavy (non-hydrogen) atoms. The summed E-state index contributed by atoms with van der Waals surface area (Å²) in [5.41, 5.74) is 2.51. The highest BCUT2D eigenvalue weighted by molar-refractivity contribution is 5.46. The van der Waals surface area contributed by atoms with Crippen LogP contribution in [0.3, 0.4) is 0 Å². The molecule has 0 fully saturated rings. The number of hydrogen-bond acceptors (Lipinski definition) is 2. The van der Waals surface area contributed by atoms with Crippen LogP contribution in [0.4, 0.5) is 0 Å². The van der Waals surface area contributed by atoms with Crippen molar-refractivity contribution in [2.24, 2.45) is 0 Å². The standard InChI is InChI=1S/C9H13N.C4H9NO/c1-8-5-3-4-6-9(7-8)10-2;1-4(2)5-3-6/h4-7,10H,3H2,1-2H3;3-4H,1-2H3,(H,5,6). The second-order valence-corrected chi connectivity index (χ2v) is 3.88. The first-order valence-electron chi connectivity index (χ1n) is 5.52. The lowest BCUT2D eigenvalue weighted by Crippen LogP contribution is -2.19. The summed E-state index contributed by atoms with van der Waals surface area (Å²) >= 11 is 0. The molecule has 0 bridgehead atoms. The van der Waals surface area contributed by atoms with Crippen LogP contribution in [0.5, 0.6) is 0 Å². The van der Waals surface area contributed by atoms with Gasteiger partial charge in [0.05, 0.1) is 0 Å². The Morgan fingerprint density at radius 1 is 1.44 bits per heavy atom. The van der Waals surface area contributed by atoms with E-state index in [-0.39, 0.29) is 6.04 Å². The van der Waals surface area contributed by atoms with E-state index in [4.69, 9.17) is 0 Å². The van der Waals surface area contributed by atoms with E-state index in [1.165, 1.54) is 11.3 Å². The van der Waals surface area contributed by atoms with Gasteiger partial charge in [0.1, 0.15) is 0 Å². The average molecular weight is 222 g/mol. The van der Waals surface area contributed by atoms with E-state index in [1.54, 1.807) is 0 Å². The number of carbonyl (C=O) groups is 1. The van der Waals surface area contributed by atoms with Crippen LogP contribution in [0.25, 0.3) is 0 Å². The zero-order valence-corrected chi connectivity index (χ0v) is 10.6. The molecule has 0 atom stereocenters. The maximum atomic E-state index is 9.50. The van der Waals surface area contributed by atoms with Crippen LogP contribution in [-0.4, -0.2) is 19.5 Å². The highest BCUT2D eigenvalue weighted by atomic mass is 16.1. The fourth-order valence-electron chi connectivity index (χ4n) is 1.09. The van der Waals surface area contributed by atoms with Crippen molar-refractivity contribution in [3.63, 3.8) is 0 Å². The van der Waals surface area contributed by atoms with Crippen LogP contribution in [0, 0.1) is 0 Å². The quantitative estimate of drug-likeness (QED) is 0.718. The first-order chi connectivity index (χ1) is 7.60. The van der Waals surface area contributed by atoms with Crippen molar-refractivity contribution in [3.8, 4) is 0 Å². The van der Waals surface area contributed by atoms with E-state index in [2.05, 4.69) is 41.9 Å². The largest absolute Gasteiger partial charge is 0.388 e. The maximum absolute atomic E-state index is 9.50. The zero-order chi connectivity index (χ0) is 12.4. The molecule has 0 aliphatic heterocycles. The van der Waals surface area contributed by atoms with Crippen molar-refractivity contribution in [2.75, 3.05) is 7.05 Å². The Hall–Kier alpha value is -1.51. The Bertz CT molecular complexity index is 288. The molecule has 1 amide bonds. The van der Waals surface area contributed by atoms with Gasteiger partial charge >= 0.3 is 0 Å². The Morgan fingerprint density at radius 3 is 2.56 bits per heavy atom. The van der Waals surface area contributed by atoms with E-state index >= 15 is 0 Å². The second-order valence-electron chi connectivity index (χ2n) is 3.88. The molecular formula is C13H22N2O. The van der Waals surface area contributed by atoms with Crippen molar-refractivity contribution in [3.05, 3.63) is 35.6 Å².